The highest BCUT2D eigenvalue weighted by Crippen LogP contribution is 2.53. The Morgan fingerprint density at radius 2 is 1.72 bits per heavy atom. The van der Waals surface area contributed by atoms with E-state index in [-0.39, 0.29) is 30.1 Å². The summed E-state index contributed by atoms with van der Waals surface area (Å²) in [4.78, 5) is 53.6. The second kappa shape index (κ2) is 9.78. The van der Waals surface area contributed by atoms with Gasteiger partial charge in [0.2, 0.25) is 11.8 Å². The van der Waals surface area contributed by atoms with Gasteiger partial charge in [-0.15, -0.1) is 0 Å². The van der Waals surface area contributed by atoms with E-state index in [0.29, 0.717) is 16.5 Å². The molecule has 2 fully saturated rings. The average Bonchev–Trinajstić information content (AvgIpc) is 3.56. The lowest BCUT2D eigenvalue weighted by Gasteiger charge is -2.26. The largest absolute Gasteiger partial charge is 0.495 e. The molecule has 1 saturated carbocycles. The number of methoxy groups -OCH3 is 1. The van der Waals surface area contributed by atoms with E-state index >= 15 is 0 Å². The third-order valence-electron chi connectivity index (χ3n) is 7.14. The zero-order valence-corrected chi connectivity index (χ0v) is 20.3. The lowest BCUT2D eigenvalue weighted by molar-refractivity contribution is -0.160. The minimum absolute atomic E-state index is 0.0216. The number of rotatable bonds is 8. The molecule has 3 aliphatic rings. The van der Waals surface area contributed by atoms with Gasteiger partial charge in [0.05, 0.1) is 24.6 Å². The lowest BCUT2D eigenvalue weighted by Crippen LogP contribution is -2.48. The number of hydrogen-bond donors (Lipinski definition) is 1. The molecule has 1 N–H and O–H groups in total. The van der Waals surface area contributed by atoms with E-state index in [2.05, 4.69) is 5.32 Å². The molecule has 186 valence electrons. The number of allylic oxidation sites excluding steroid dienone is 2. The van der Waals surface area contributed by atoms with Crippen LogP contribution in [-0.2, 0) is 30.3 Å². The molecule has 2 aliphatic carbocycles. The molecular formula is C27H25ClN2O6. The second-order valence-electron chi connectivity index (χ2n) is 9.25. The number of imide groups is 1. The van der Waals surface area contributed by atoms with Crippen molar-refractivity contribution < 1.29 is 28.7 Å². The highest BCUT2D eigenvalue weighted by atomic mass is 35.5. The summed E-state index contributed by atoms with van der Waals surface area (Å²) in [6, 6.07) is 12.7. The quantitative estimate of drug-likeness (QED) is 0.333. The van der Waals surface area contributed by atoms with Gasteiger partial charge in [-0.3, -0.25) is 19.3 Å². The molecule has 5 rings (SSSR count). The minimum atomic E-state index is -1.16. The highest BCUT2D eigenvalue weighted by molar-refractivity contribution is 6.31. The van der Waals surface area contributed by atoms with E-state index in [0.717, 1.165) is 16.9 Å². The second-order valence-corrected chi connectivity index (χ2v) is 9.69. The molecule has 1 saturated heterocycles. The summed E-state index contributed by atoms with van der Waals surface area (Å²) in [7, 11) is 1.45. The fourth-order valence-corrected chi connectivity index (χ4v) is 5.72. The van der Waals surface area contributed by atoms with Gasteiger partial charge in [-0.05, 0) is 42.0 Å². The van der Waals surface area contributed by atoms with Crippen molar-refractivity contribution in [3.05, 3.63) is 71.3 Å². The summed E-state index contributed by atoms with van der Waals surface area (Å²) >= 11 is 6.00. The molecule has 0 radical (unpaired) electrons. The number of fused-ring (bicyclic) bond motifs is 5. The Bertz CT molecular complexity index is 1220. The number of hydrogen-bond acceptors (Lipinski definition) is 6. The fraction of sp³-hybridized carbons (Fsp3) is 0.333. The first-order chi connectivity index (χ1) is 17.4. The van der Waals surface area contributed by atoms with Crippen molar-refractivity contribution in [3.8, 4) is 5.75 Å². The van der Waals surface area contributed by atoms with Gasteiger partial charge >= 0.3 is 5.97 Å². The number of halogens is 1. The van der Waals surface area contributed by atoms with Crippen LogP contribution in [0.5, 0.6) is 5.75 Å². The number of nitrogens with zero attached hydrogens (tertiary/aromatic N) is 1. The van der Waals surface area contributed by atoms with Crippen molar-refractivity contribution in [1.82, 2.24) is 4.90 Å². The Morgan fingerprint density at radius 3 is 2.36 bits per heavy atom. The molecule has 9 heteroatoms. The van der Waals surface area contributed by atoms with Crippen LogP contribution in [-0.4, -0.2) is 48.3 Å². The Morgan fingerprint density at radius 1 is 1.06 bits per heavy atom. The van der Waals surface area contributed by atoms with Gasteiger partial charge in [-0.2, -0.15) is 0 Å². The molecule has 1 heterocycles. The summed E-state index contributed by atoms with van der Waals surface area (Å²) in [6.07, 6.45) is 4.89. The van der Waals surface area contributed by atoms with Crippen LogP contribution < -0.4 is 10.1 Å². The van der Waals surface area contributed by atoms with Crippen molar-refractivity contribution in [2.24, 2.45) is 23.7 Å². The lowest BCUT2D eigenvalue weighted by atomic mass is 9.85. The van der Waals surface area contributed by atoms with Gasteiger partial charge < -0.3 is 14.8 Å². The standard InChI is InChI=1S/C27H25ClN2O6/c1-35-21-10-9-18(28)13-19(21)29-22(31)14-36-27(34)20(11-15-5-3-2-4-6-15)30-25(32)23-16-7-8-17(12-16)24(23)26(30)33/h2-10,13,16-17,20,23-24H,11-12,14H2,1H3,(H,29,31)/t16-,17-,20-,23-,24+/m0/s1. The molecular weight excluding hydrogens is 484 g/mol. The van der Waals surface area contributed by atoms with Gasteiger partial charge in [-0.25, -0.2) is 4.79 Å². The van der Waals surface area contributed by atoms with Crippen LogP contribution in [0.2, 0.25) is 5.02 Å². The zero-order chi connectivity index (χ0) is 25.4. The summed E-state index contributed by atoms with van der Waals surface area (Å²) in [5, 5.41) is 3.00. The van der Waals surface area contributed by atoms with E-state index in [1.165, 1.54) is 13.2 Å². The maximum atomic E-state index is 13.4. The molecule has 0 unspecified atom stereocenters. The summed E-state index contributed by atoms with van der Waals surface area (Å²) < 4.78 is 10.5. The normalized spacial score (nSPS) is 24.6. The van der Waals surface area contributed by atoms with E-state index in [1.807, 2.05) is 42.5 Å². The molecule has 0 aromatic heterocycles. The van der Waals surface area contributed by atoms with Crippen LogP contribution in [0.1, 0.15) is 12.0 Å². The minimum Gasteiger partial charge on any atom is -0.495 e. The van der Waals surface area contributed by atoms with Crippen LogP contribution >= 0.6 is 11.6 Å². The Kier molecular flexibility index (Phi) is 6.53. The van der Waals surface area contributed by atoms with Crippen LogP contribution in [0.4, 0.5) is 5.69 Å². The molecule has 2 aromatic rings. The molecule has 3 amide bonds. The fourth-order valence-electron chi connectivity index (χ4n) is 5.55. The third kappa shape index (κ3) is 4.37. The van der Waals surface area contributed by atoms with Gasteiger partial charge in [0.1, 0.15) is 11.8 Å². The van der Waals surface area contributed by atoms with Crippen molar-refractivity contribution in [2.75, 3.05) is 19.0 Å². The van der Waals surface area contributed by atoms with Crippen LogP contribution in [0, 0.1) is 23.7 Å². The van der Waals surface area contributed by atoms with Crippen molar-refractivity contribution in [3.63, 3.8) is 0 Å². The number of carbonyl (C=O) groups is 4. The number of nitrogens with one attached hydrogen (secondary N) is 1. The molecule has 36 heavy (non-hydrogen) atoms. The molecule has 1 aliphatic heterocycles. The molecule has 0 spiro atoms. The number of esters is 1. The van der Waals surface area contributed by atoms with Crippen LogP contribution in [0.25, 0.3) is 0 Å². The highest BCUT2D eigenvalue weighted by Gasteiger charge is 2.61. The van der Waals surface area contributed by atoms with Crippen LogP contribution in [0.3, 0.4) is 0 Å². The monoisotopic (exact) mass is 508 g/mol. The SMILES string of the molecule is COc1ccc(Cl)cc1NC(=O)COC(=O)[C@H](Cc1ccccc1)N1C(=O)[C@@H]2[C@H](C1=O)[C@H]1C=C[C@H]2C1. The predicted molar refractivity (Wildman–Crippen MR) is 131 cm³/mol. The van der Waals surface area contributed by atoms with Crippen molar-refractivity contribution in [2.45, 2.75) is 18.9 Å². The number of carbonyl (C=O) groups excluding carboxylic acids is 4. The topological polar surface area (TPSA) is 102 Å². The number of amides is 3. The number of anilines is 1. The van der Waals surface area contributed by atoms with Crippen molar-refractivity contribution in [1.29, 1.82) is 0 Å². The number of ether oxygens (including phenoxy) is 2. The predicted octanol–water partition coefficient (Wildman–Crippen LogP) is 3.25. The maximum Gasteiger partial charge on any atom is 0.330 e. The van der Waals surface area contributed by atoms with Crippen LogP contribution in [0.15, 0.2) is 60.7 Å². The zero-order valence-electron chi connectivity index (χ0n) is 19.6. The molecule has 5 atom stereocenters. The van der Waals surface area contributed by atoms with Crippen molar-refractivity contribution >= 4 is 41.0 Å². The maximum absolute atomic E-state index is 13.4. The third-order valence-corrected chi connectivity index (χ3v) is 7.38. The Hall–Kier alpha value is -3.65. The van der Waals surface area contributed by atoms with E-state index in [4.69, 9.17) is 21.1 Å². The summed E-state index contributed by atoms with van der Waals surface area (Å²) in [5.41, 5.74) is 1.10. The number of benzene rings is 2. The summed E-state index contributed by atoms with van der Waals surface area (Å²) in [6.45, 7) is -0.602. The molecule has 8 nitrogen and oxygen atoms in total. The van der Waals surface area contributed by atoms with E-state index < -0.39 is 36.4 Å². The van der Waals surface area contributed by atoms with E-state index in [1.54, 1.807) is 12.1 Å². The smallest absolute Gasteiger partial charge is 0.330 e. The van der Waals surface area contributed by atoms with Gasteiger partial charge in [0.25, 0.3) is 5.91 Å². The first kappa shape index (κ1) is 24.1. The first-order valence-electron chi connectivity index (χ1n) is 11.8. The number of likely N-dealkylation sites (tertiary alicyclic amines) is 1. The first-order valence-corrected chi connectivity index (χ1v) is 12.1. The van der Waals surface area contributed by atoms with Gasteiger partial charge in [-0.1, -0.05) is 54.1 Å². The Balaban J connectivity index is 1.32. The Labute approximate surface area is 213 Å². The summed E-state index contributed by atoms with van der Waals surface area (Å²) in [5.74, 6) is -2.53. The van der Waals surface area contributed by atoms with Gasteiger partial charge in [0, 0.05) is 11.4 Å². The molecule has 2 bridgehead atoms. The van der Waals surface area contributed by atoms with E-state index in [9.17, 15) is 19.2 Å². The average molecular weight is 509 g/mol. The van der Waals surface area contributed by atoms with Gasteiger partial charge in [0.15, 0.2) is 6.61 Å². The molecule has 2 aromatic carbocycles.